The van der Waals surface area contributed by atoms with Gasteiger partial charge in [-0.2, -0.15) is 0 Å². The van der Waals surface area contributed by atoms with Crippen LogP contribution in [0.3, 0.4) is 0 Å². The summed E-state index contributed by atoms with van der Waals surface area (Å²) in [6.07, 6.45) is 0. The average Bonchev–Trinajstić information content (AvgIpc) is 2.14. The van der Waals surface area contributed by atoms with Gasteiger partial charge in [-0.1, -0.05) is 6.07 Å². The maximum atomic E-state index is 11.1. The van der Waals surface area contributed by atoms with Crippen molar-refractivity contribution in [1.82, 2.24) is 10.4 Å². The normalized spacial score (nSPS) is 10.8. The van der Waals surface area contributed by atoms with Crippen molar-refractivity contribution < 1.29 is 14.6 Å². The highest BCUT2D eigenvalue weighted by molar-refractivity contribution is 6.37. The van der Waals surface area contributed by atoms with E-state index in [1.807, 2.05) is 5.43 Å². The van der Waals surface area contributed by atoms with Crippen LogP contribution in [0.5, 0.6) is 5.88 Å². The predicted molar refractivity (Wildman–Crippen MR) is 58.6 cm³/mol. The predicted octanol–water partition coefficient (Wildman–Crippen LogP) is -3.07. The zero-order valence-electron chi connectivity index (χ0n) is 8.52. The third-order valence-corrected chi connectivity index (χ3v) is 1.44. The Morgan fingerprint density at radius 1 is 1.60 bits per heavy atom. The number of hydrogen-bond donors (Lipinski definition) is 3. The number of hydrazine groups is 1. The van der Waals surface area contributed by atoms with Gasteiger partial charge in [0.2, 0.25) is 5.88 Å². The maximum absolute atomic E-state index is 11.1. The van der Waals surface area contributed by atoms with Crippen molar-refractivity contribution in [2.75, 3.05) is 0 Å². The first-order valence-electron chi connectivity index (χ1n) is 4.32. The molecule has 1 rings (SSSR count). The third kappa shape index (κ3) is 3.61. The smallest absolute Gasteiger partial charge is 0.283 e. The number of carbonyl (C=O) groups excluding carboxylic acids is 1. The van der Waals surface area contributed by atoms with Gasteiger partial charge in [0.25, 0.3) is 5.91 Å². The van der Waals surface area contributed by atoms with Gasteiger partial charge in [-0.25, -0.2) is 10.8 Å². The molecule has 1 aromatic heterocycles. The highest BCUT2D eigenvalue weighted by atomic mass is 16.6. The van der Waals surface area contributed by atoms with E-state index >= 15 is 0 Å². The number of nitrogens with two attached hydrogens (primary N) is 1. The molecule has 0 atom stereocenters. The van der Waals surface area contributed by atoms with E-state index < -0.39 is 11.5 Å². The van der Waals surface area contributed by atoms with Gasteiger partial charge in [-0.05, 0) is 6.07 Å². The molecular formula is C7H11B2N3O3. The fraction of sp³-hybridized carbons (Fsp3) is 0.143. The minimum atomic E-state index is -1.34. The van der Waals surface area contributed by atoms with Gasteiger partial charge in [0.15, 0.2) is 15.7 Å². The number of nitrogen functional groups attached to an aromatic ring is 1. The molecule has 1 amide bonds. The molecule has 0 aliphatic carbocycles. The molecular weight excluding hydrogens is 196 g/mol. The Bertz CT molecular complexity index is 367. The summed E-state index contributed by atoms with van der Waals surface area (Å²) in [5.74, 6) is 4.59. The zero-order valence-corrected chi connectivity index (χ0v) is 8.52. The lowest BCUT2D eigenvalue weighted by atomic mass is 9.77. The molecule has 4 N–H and O–H groups in total. The molecule has 15 heavy (non-hydrogen) atoms. The van der Waals surface area contributed by atoms with Crippen LogP contribution in [-0.2, 0) is 0 Å². The Balaban J connectivity index is 2.88. The molecule has 1 aromatic rings. The minimum Gasteiger partial charge on any atom is -0.464 e. The summed E-state index contributed by atoms with van der Waals surface area (Å²) in [4.78, 5) is 15.0. The van der Waals surface area contributed by atoms with E-state index in [1.165, 1.54) is 27.8 Å². The first kappa shape index (κ1) is 11.5. The quantitative estimate of drug-likeness (QED) is 0.160. The van der Waals surface area contributed by atoms with Crippen LogP contribution in [0.2, 0.25) is 0 Å². The van der Waals surface area contributed by atoms with Crippen molar-refractivity contribution in [1.29, 1.82) is 0 Å². The number of carbonyl (C=O) groups is 1. The van der Waals surface area contributed by atoms with Crippen LogP contribution in [0.25, 0.3) is 0 Å². The first-order chi connectivity index (χ1) is 6.92. The molecule has 0 saturated heterocycles. The van der Waals surface area contributed by atoms with E-state index in [4.69, 9.17) is 10.6 Å². The van der Waals surface area contributed by atoms with Crippen molar-refractivity contribution in [3.8, 4) is 5.88 Å². The van der Waals surface area contributed by atoms with Crippen LogP contribution in [-0.4, -0.2) is 37.3 Å². The van der Waals surface area contributed by atoms with Gasteiger partial charge in [0.05, 0.1) is 0 Å². The van der Waals surface area contributed by atoms with Crippen molar-refractivity contribution in [3.05, 3.63) is 23.9 Å². The van der Waals surface area contributed by atoms with Crippen LogP contribution >= 0.6 is 0 Å². The summed E-state index contributed by atoms with van der Waals surface area (Å²) in [6, 6.07) is 4.60. The van der Waals surface area contributed by atoms with Crippen LogP contribution in [0.15, 0.2) is 18.2 Å². The van der Waals surface area contributed by atoms with Gasteiger partial charge in [-0.3, -0.25) is 10.2 Å². The largest absolute Gasteiger partial charge is 0.464 e. The van der Waals surface area contributed by atoms with Gasteiger partial charge in [0.1, 0.15) is 11.3 Å². The van der Waals surface area contributed by atoms with E-state index in [2.05, 4.69) is 4.98 Å². The number of nitrogens with one attached hydrogen (secondary N) is 1. The van der Waals surface area contributed by atoms with Crippen molar-refractivity contribution in [3.63, 3.8) is 0 Å². The van der Waals surface area contributed by atoms with Gasteiger partial charge in [-0.15, -0.1) is 0 Å². The Morgan fingerprint density at radius 2 is 2.27 bits per heavy atom. The Labute approximate surface area is 88.6 Å². The molecule has 0 aliphatic heterocycles. The number of hydrogen-bond acceptors (Lipinski definition) is 5. The number of rotatable bonds is 3. The summed E-state index contributed by atoms with van der Waals surface area (Å²) in [5.41, 5.74) is 0.734. The van der Waals surface area contributed by atoms with E-state index in [-0.39, 0.29) is 11.6 Å². The molecule has 0 aromatic carbocycles. The van der Waals surface area contributed by atoms with Gasteiger partial charge in [0, 0.05) is 6.07 Å². The molecule has 0 spiro atoms. The van der Waals surface area contributed by atoms with Crippen LogP contribution in [0.4, 0.5) is 0 Å². The van der Waals surface area contributed by atoms with Crippen molar-refractivity contribution in [2.45, 2.75) is 5.59 Å². The fourth-order valence-electron chi connectivity index (χ4n) is 0.928. The Kier molecular flexibility index (Phi) is 3.33. The summed E-state index contributed by atoms with van der Waals surface area (Å²) in [5, 5.41) is 9.37. The second-order valence-electron chi connectivity index (χ2n) is 3.38. The third-order valence-electron chi connectivity index (χ3n) is 1.44. The monoisotopic (exact) mass is 207 g/mol. The van der Waals surface area contributed by atoms with E-state index in [1.54, 1.807) is 6.07 Å². The van der Waals surface area contributed by atoms with Gasteiger partial charge >= 0.3 is 0 Å². The lowest BCUT2D eigenvalue weighted by Gasteiger charge is -2.19. The highest BCUT2D eigenvalue weighted by Gasteiger charge is 2.15. The Hall–Kier alpha value is -1.53. The number of amides is 1. The minimum absolute atomic E-state index is 0.124. The topological polar surface area (TPSA) is 97.5 Å². The molecule has 0 bridgehead atoms. The number of aromatic nitrogens is 1. The number of pyridine rings is 1. The lowest BCUT2D eigenvalue weighted by molar-refractivity contribution is 0.00903. The number of aliphatic hydroxyl groups is 1. The molecule has 0 aliphatic rings. The van der Waals surface area contributed by atoms with Gasteiger partial charge < -0.3 is 9.84 Å². The van der Waals surface area contributed by atoms with Crippen LogP contribution < -0.4 is 16.0 Å². The van der Waals surface area contributed by atoms with E-state index in [9.17, 15) is 9.90 Å². The first-order valence-corrected chi connectivity index (χ1v) is 4.32. The highest BCUT2D eigenvalue weighted by Crippen LogP contribution is 2.10. The number of nitrogens with zero attached hydrogens (tertiary/aromatic N) is 1. The molecule has 78 valence electrons. The molecule has 6 nitrogen and oxygen atoms in total. The summed E-state index contributed by atoms with van der Waals surface area (Å²) in [7, 11) is 2.93. The standard InChI is InChI=1S/C7H11B2N3O3/c8-7(9,14)15-5-3-1-2-4(11-5)6(13)12-10/h1-3,14H,8-10H2,(H,12,13). The molecule has 0 fully saturated rings. The SMILES string of the molecule is BC(B)(O)Oc1cccc(C(=O)NN)n1. The summed E-state index contributed by atoms with van der Waals surface area (Å²) < 4.78 is 5.06. The van der Waals surface area contributed by atoms with Crippen LogP contribution in [0.1, 0.15) is 10.5 Å². The second-order valence-corrected chi connectivity index (χ2v) is 3.38. The number of ether oxygens (including phenoxy) is 1. The fourth-order valence-corrected chi connectivity index (χ4v) is 0.928. The second kappa shape index (κ2) is 4.33. The summed E-state index contributed by atoms with van der Waals surface area (Å²) >= 11 is 0. The van der Waals surface area contributed by atoms with Crippen molar-refractivity contribution in [2.24, 2.45) is 5.84 Å². The molecule has 0 unspecified atom stereocenters. The van der Waals surface area contributed by atoms with E-state index in [0.29, 0.717) is 0 Å². The van der Waals surface area contributed by atoms with Crippen LogP contribution in [0, 0.1) is 0 Å². The zero-order chi connectivity index (χ0) is 11.5. The van der Waals surface area contributed by atoms with Crippen molar-refractivity contribution >= 4 is 21.6 Å². The molecule has 1 heterocycles. The van der Waals surface area contributed by atoms with E-state index in [0.717, 1.165) is 0 Å². The molecule has 0 radical (unpaired) electrons. The lowest BCUT2D eigenvalue weighted by Crippen LogP contribution is -2.37. The Morgan fingerprint density at radius 3 is 2.80 bits per heavy atom. The maximum Gasteiger partial charge on any atom is 0.283 e. The summed E-state index contributed by atoms with van der Waals surface area (Å²) in [6.45, 7) is 0. The molecule has 8 heteroatoms. The molecule has 0 saturated carbocycles. The average molecular weight is 207 g/mol.